The molecule has 2 heterocycles. The number of hydrazone groups is 1. The van der Waals surface area contributed by atoms with Crippen molar-refractivity contribution in [2.45, 2.75) is 12.3 Å². The van der Waals surface area contributed by atoms with Crippen molar-refractivity contribution >= 4 is 43.8 Å². The van der Waals surface area contributed by atoms with Gasteiger partial charge in [-0.15, -0.1) is 11.8 Å². The number of benzene rings is 3. The first-order valence-corrected chi connectivity index (χ1v) is 14.6. The zero-order valence-electron chi connectivity index (χ0n) is 20.6. The summed E-state index contributed by atoms with van der Waals surface area (Å²) in [5.74, 6) is -0.133. The van der Waals surface area contributed by atoms with Gasteiger partial charge in [0, 0.05) is 17.9 Å². The van der Waals surface area contributed by atoms with Gasteiger partial charge in [-0.1, -0.05) is 48.0 Å². The Balaban J connectivity index is 1.67. The molecule has 2 aliphatic rings. The molecule has 2 unspecified atom stereocenters. The van der Waals surface area contributed by atoms with Gasteiger partial charge in [0.25, 0.3) is 0 Å². The van der Waals surface area contributed by atoms with Crippen LogP contribution in [0.15, 0.2) is 89.0 Å². The number of anilines is 1. The van der Waals surface area contributed by atoms with Crippen LogP contribution in [0.3, 0.4) is 0 Å². The Morgan fingerprint density at radius 3 is 2.35 bits per heavy atom. The lowest BCUT2D eigenvalue weighted by Gasteiger charge is -2.27. The minimum Gasteiger partial charge on any atom is -0.497 e. The number of thioether (sulfide) groups is 1. The Morgan fingerprint density at radius 1 is 1.03 bits per heavy atom. The zero-order valence-corrected chi connectivity index (χ0v) is 22.2. The number of Topliss-reactive ketones (excluding diaryl/α,β-unsaturated/α-hetero) is 1. The molecule has 0 N–H and O–H groups in total. The van der Waals surface area contributed by atoms with Gasteiger partial charge in [-0.2, -0.15) is 5.10 Å². The van der Waals surface area contributed by atoms with Crippen molar-refractivity contribution in [1.82, 2.24) is 0 Å². The average molecular weight is 534 g/mol. The standard InChI is InChI=1S/C28H27N3O4S2/c1-19-8-10-21(11-9-19)27(32)25-26(20-12-14-23(35-2)15-13-20)30-31(22-6-4-3-5-7-22)28(25)37(33,34)18-24-29-16-17-36-24/h3-15,25,28H,16-18H2,1-2H3. The van der Waals surface area contributed by atoms with Crippen LogP contribution in [0.2, 0.25) is 0 Å². The first-order valence-electron chi connectivity index (χ1n) is 11.9. The summed E-state index contributed by atoms with van der Waals surface area (Å²) in [6.07, 6.45) is 0. The van der Waals surface area contributed by atoms with Crippen LogP contribution in [-0.2, 0) is 9.84 Å². The summed E-state index contributed by atoms with van der Waals surface area (Å²) in [5, 5.41) is 5.66. The number of ether oxygens (including phenoxy) is 1. The molecule has 0 aromatic heterocycles. The van der Waals surface area contributed by atoms with Crippen LogP contribution in [-0.4, -0.2) is 55.5 Å². The van der Waals surface area contributed by atoms with E-state index in [0.29, 0.717) is 39.9 Å². The third kappa shape index (κ3) is 5.19. The molecule has 9 heteroatoms. The number of para-hydroxylation sites is 1. The van der Waals surface area contributed by atoms with Gasteiger partial charge in [0.15, 0.2) is 21.0 Å². The first-order chi connectivity index (χ1) is 17.9. The molecule has 0 bridgehead atoms. The average Bonchev–Trinajstić information content (AvgIpc) is 3.57. The van der Waals surface area contributed by atoms with E-state index in [1.807, 2.05) is 49.4 Å². The maximum atomic E-state index is 14.1. The summed E-state index contributed by atoms with van der Waals surface area (Å²) in [6.45, 7) is 2.54. The number of methoxy groups -OCH3 is 1. The van der Waals surface area contributed by atoms with Crippen LogP contribution in [0.1, 0.15) is 21.5 Å². The number of aryl methyl sites for hydroxylation is 1. The fourth-order valence-corrected chi connectivity index (χ4v) is 7.70. The van der Waals surface area contributed by atoms with Gasteiger partial charge < -0.3 is 4.74 Å². The summed E-state index contributed by atoms with van der Waals surface area (Å²) in [4.78, 5) is 18.5. The third-order valence-electron chi connectivity index (χ3n) is 6.40. The molecule has 5 rings (SSSR count). The van der Waals surface area contributed by atoms with E-state index >= 15 is 0 Å². The van der Waals surface area contributed by atoms with Gasteiger partial charge >= 0.3 is 0 Å². The second kappa shape index (κ2) is 10.5. The Morgan fingerprint density at radius 2 is 1.73 bits per heavy atom. The number of carbonyl (C=O) groups is 1. The van der Waals surface area contributed by atoms with Crippen molar-refractivity contribution in [2.24, 2.45) is 16.0 Å². The highest BCUT2D eigenvalue weighted by Crippen LogP contribution is 2.37. The minimum atomic E-state index is -3.89. The van der Waals surface area contributed by atoms with Gasteiger partial charge in [-0.3, -0.25) is 9.79 Å². The Labute approximate surface area is 221 Å². The van der Waals surface area contributed by atoms with E-state index in [1.165, 1.54) is 16.8 Å². The smallest absolute Gasteiger partial charge is 0.180 e. The third-order valence-corrected chi connectivity index (χ3v) is 9.46. The van der Waals surface area contributed by atoms with E-state index < -0.39 is 21.1 Å². The van der Waals surface area contributed by atoms with Crippen molar-refractivity contribution in [3.8, 4) is 5.75 Å². The van der Waals surface area contributed by atoms with E-state index in [9.17, 15) is 13.2 Å². The normalized spacial score (nSPS) is 19.5. The van der Waals surface area contributed by atoms with Crippen LogP contribution in [0.4, 0.5) is 5.69 Å². The fraction of sp³-hybridized carbons (Fsp3) is 0.250. The lowest BCUT2D eigenvalue weighted by Crippen LogP contribution is -2.46. The van der Waals surface area contributed by atoms with Gasteiger partial charge in [0.2, 0.25) is 0 Å². The number of hydrogen-bond donors (Lipinski definition) is 0. The molecule has 0 amide bonds. The quantitative estimate of drug-likeness (QED) is 0.393. The van der Waals surface area contributed by atoms with E-state index in [-0.39, 0.29) is 11.5 Å². The monoisotopic (exact) mass is 533 g/mol. The molecule has 0 radical (unpaired) electrons. The molecule has 0 aliphatic carbocycles. The molecule has 3 aromatic rings. The van der Waals surface area contributed by atoms with Gasteiger partial charge in [0.1, 0.15) is 17.4 Å². The highest BCUT2D eigenvalue weighted by molar-refractivity contribution is 8.15. The first kappa shape index (κ1) is 25.2. The van der Waals surface area contributed by atoms with Gasteiger partial charge in [0.05, 0.1) is 23.6 Å². The maximum absolute atomic E-state index is 14.1. The SMILES string of the molecule is COc1ccc(C2=NN(c3ccccc3)C(S(=O)(=O)CC3=NCCS3)C2C(=O)c2ccc(C)cc2)cc1. The number of hydrogen-bond acceptors (Lipinski definition) is 8. The Hall–Kier alpha value is -3.43. The van der Waals surface area contributed by atoms with Crippen molar-refractivity contribution in [3.05, 3.63) is 95.6 Å². The second-order valence-electron chi connectivity index (χ2n) is 8.92. The summed E-state index contributed by atoms with van der Waals surface area (Å²) < 4.78 is 33.4. The molecule has 0 saturated carbocycles. The van der Waals surface area contributed by atoms with Crippen LogP contribution in [0, 0.1) is 12.8 Å². The molecule has 2 atom stereocenters. The minimum absolute atomic E-state index is 0.227. The molecule has 0 fully saturated rings. The largest absolute Gasteiger partial charge is 0.497 e. The fourth-order valence-electron chi connectivity index (χ4n) is 4.53. The molecular formula is C28H27N3O4S2. The predicted octanol–water partition coefficient (Wildman–Crippen LogP) is 4.61. The Bertz CT molecular complexity index is 1450. The topological polar surface area (TPSA) is 88.4 Å². The van der Waals surface area contributed by atoms with E-state index in [4.69, 9.17) is 9.84 Å². The molecule has 2 aliphatic heterocycles. The van der Waals surface area contributed by atoms with Crippen molar-refractivity contribution in [3.63, 3.8) is 0 Å². The Kier molecular flexibility index (Phi) is 7.17. The van der Waals surface area contributed by atoms with Gasteiger partial charge in [-0.05, 0) is 48.9 Å². The number of rotatable bonds is 8. The predicted molar refractivity (Wildman–Crippen MR) is 150 cm³/mol. The highest BCUT2D eigenvalue weighted by atomic mass is 32.2. The van der Waals surface area contributed by atoms with Crippen molar-refractivity contribution in [1.29, 1.82) is 0 Å². The molecular weight excluding hydrogens is 506 g/mol. The van der Waals surface area contributed by atoms with Crippen LogP contribution in [0.25, 0.3) is 0 Å². The number of sulfone groups is 1. The molecule has 0 spiro atoms. The summed E-state index contributed by atoms with van der Waals surface area (Å²) >= 11 is 1.45. The maximum Gasteiger partial charge on any atom is 0.180 e. The van der Waals surface area contributed by atoms with Crippen molar-refractivity contribution in [2.75, 3.05) is 30.2 Å². The molecule has 0 saturated heterocycles. The lowest BCUT2D eigenvalue weighted by atomic mass is 9.89. The van der Waals surface area contributed by atoms with Crippen LogP contribution in [0.5, 0.6) is 5.75 Å². The van der Waals surface area contributed by atoms with Crippen LogP contribution < -0.4 is 9.75 Å². The van der Waals surface area contributed by atoms with E-state index in [1.54, 1.807) is 43.5 Å². The lowest BCUT2D eigenvalue weighted by molar-refractivity contribution is 0.0954. The molecule has 37 heavy (non-hydrogen) atoms. The molecule has 3 aromatic carbocycles. The second-order valence-corrected chi connectivity index (χ2v) is 12.2. The van der Waals surface area contributed by atoms with E-state index in [2.05, 4.69) is 4.99 Å². The highest BCUT2D eigenvalue weighted by Gasteiger charge is 2.50. The van der Waals surface area contributed by atoms with Gasteiger partial charge in [-0.25, -0.2) is 13.4 Å². The number of aliphatic imine (C=N–C) groups is 1. The molecule has 7 nitrogen and oxygen atoms in total. The zero-order chi connectivity index (χ0) is 26.0. The summed E-state index contributed by atoms with van der Waals surface area (Å²) in [6, 6.07) is 23.5. The number of carbonyl (C=O) groups excluding carboxylic acids is 1. The number of nitrogens with zero attached hydrogens (tertiary/aromatic N) is 3. The summed E-state index contributed by atoms with van der Waals surface area (Å²) in [7, 11) is -2.31. The van der Waals surface area contributed by atoms with E-state index in [0.717, 1.165) is 11.3 Å². The summed E-state index contributed by atoms with van der Waals surface area (Å²) in [5.41, 5.74) is 3.13. The van der Waals surface area contributed by atoms with Crippen LogP contribution >= 0.6 is 11.8 Å². The van der Waals surface area contributed by atoms with Crippen molar-refractivity contribution < 1.29 is 17.9 Å². The molecule has 190 valence electrons. The number of ketones is 1.